The second-order valence-electron chi connectivity index (χ2n) is 3.74. The Kier molecular flexibility index (Phi) is 3.92. The highest BCUT2D eigenvalue weighted by Gasteiger charge is 2.15. The molecule has 92 valence electrons. The monoisotopic (exact) mass is 237 g/mol. The highest BCUT2D eigenvalue weighted by Crippen LogP contribution is 2.17. The van der Waals surface area contributed by atoms with Crippen LogP contribution in [0.4, 0.5) is 0 Å². The molecule has 1 aromatic rings. The molecule has 0 saturated carbocycles. The number of benzene rings is 1. The summed E-state index contributed by atoms with van der Waals surface area (Å²) < 4.78 is 0. The van der Waals surface area contributed by atoms with Crippen molar-refractivity contribution in [2.75, 3.05) is 0 Å². The van der Waals surface area contributed by atoms with Crippen LogP contribution in [0.25, 0.3) is 0 Å². The summed E-state index contributed by atoms with van der Waals surface area (Å²) in [4.78, 5) is 11.8. The molecule has 0 radical (unpaired) electrons. The number of amidine groups is 1. The summed E-state index contributed by atoms with van der Waals surface area (Å²) in [5, 5.41) is 23.3. The summed E-state index contributed by atoms with van der Waals surface area (Å²) in [7, 11) is 0. The van der Waals surface area contributed by atoms with Gasteiger partial charge in [-0.05, 0) is 26.0 Å². The van der Waals surface area contributed by atoms with E-state index in [4.69, 9.17) is 10.9 Å². The number of carbonyl (C=O) groups is 1. The van der Waals surface area contributed by atoms with Crippen LogP contribution >= 0.6 is 0 Å². The first-order valence-corrected chi connectivity index (χ1v) is 5.03. The number of rotatable bonds is 3. The molecular weight excluding hydrogens is 222 g/mol. The Morgan fingerprint density at radius 1 is 1.53 bits per heavy atom. The van der Waals surface area contributed by atoms with Gasteiger partial charge >= 0.3 is 0 Å². The Morgan fingerprint density at radius 3 is 2.76 bits per heavy atom. The van der Waals surface area contributed by atoms with Crippen molar-refractivity contribution in [2.45, 2.75) is 19.9 Å². The number of carbonyl (C=O) groups excluding carboxylic acids is 1. The second kappa shape index (κ2) is 5.20. The van der Waals surface area contributed by atoms with E-state index in [2.05, 4.69) is 10.5 Å². The van der Waals surface area contributed by atoms with Crippen LogP contribution in [0, 0.1) is 6.92 Å². The number of amides is 1. The molecule has 0 aromatic heterocycles. The number of phenolic OH excluding ortho intramolecular Hbond substituents is 1. The van der Waals surface area contributed by atoms with E-state index in [1.807, 2.05) is 6.92 Å². The van der Waals surface area contributed by atoms with Gasteiger partial charge in [-0.2, -0.15) is 0 Å². The van der Waals surface area contributed by atoms with Crippen LogP contribution in [0.15, 0.2) is 23.4 Å². The van der Waals surface area contributed by atoms with E-state index in [0.717, 1.165) is 5.56 Å². The molecule has 1 rings (SSSR count). The number of nitrogens with two attached hydrogens (primary N) is 1. The molecule has 0 aliphatic rings. The molecule has 6 nitrogen and oxygen atoms in total. The minimum absolute atomic E-state index is 0.106. The summed E-state index contributed by atoms with van der Waals surface area (Å²) in [6.45, 7) is 3.38. The highest BCUT2D eigenvalue weighted by molar-refractivity contribution is 6.00. The summed E-state index contributed by atoms with van der Waals surface area (Å²) in [5.41, 5.74) is 6.34. The predicted octanol–water partition coefficient (Wildman–Crippen LogP) is 0.565. The number of phenols is 1. The number of aromatic hydroxyl groups is 1. The largest absolute Gasteiger partial charge is 0.507 e. The van der Waals surface area contributed by atoms with Crippen LogP contribution in [0.1, 0.15) is 22.8 Å². The van der Waals surface area contributed by atoms with Gasteiger partial charge in [0.1, 0.15) is 5.75 Å². The average molecular weight is 237 g/mol. The van der Waals surface area contributed by atoms with E-state index < -0.39 is 11.9 Å². The van der Waals surface area contributed by atoms with Crippen molar-refractivity contribution in [2.24, 2.45) is 10.9 Å². The molecule has 1 amide bonds. The lowest BCUT2D eigenvalue weighted by atomic mass is 10.1. The van der Waals surface area contributed by atoms with Gasteiger partial charge in [0.15, 0.2) is 5.84 Å². The SMILES string of the molecule is Cc1ccc(O)c(C(=O)NC(C)/C(N)=N/O)c1. The summed E-state index contributed by atoms with van der Waals surface area (Å²) in [6, 6.07) is 4.08. The van der Waals surface area contributed by atoms with Gasteiger partial charge in [0.05, 0.1) is 11.6 Å². The Balaban J connectivity index is 2.87. The maximum absolute atomic E-state index is 11.8. The number of nitrogens with zero attached hydrogens (tertiary/aromatic N) is 1. The first kappa shape index (κ1) is 12.8. The number of aryl methyl sites for hydroxylation is 1. The molecule has 0 fully saturated rings. The Hall–Kier alpha value is -2.24. The first-order chi connectivity index (χ1) is 7.95. The van der Waals surface area contributed by atoms with Gasteiger partial charge in [0.2, 0.25) is 0 Å². The topological polar surface area (TPSA) is 108 Å². The quantitative estimate of drug-likeness (QED) is 0.266. The molecule has 6 heteroatoms. The lowest BCUT2D eigenvalue weighted by Crippen LogP contribution is -2.42. The van der Waals surface area contributed by atoms with Crippen LogP contribution in [-0.2, 0) is 0 Å². The van der Waals surface area contributed by atoms with Crippen molar-refractivity contribution in [1.82, 2.24) is 5.32 Å². The third kappa shape index (κ3) is 3.10. The number of nitrogens with one attached hydrogen (secondary N) is 1. The van der Waals surface area contributed by atoms with Gasteiger partial charge in [-0.3, -0.25) is 4.79 Å². The van der Waals surface area contributed by atoms with Crippen molar-refractivity contribution in [3.8, 4) is 5.75 Å². The molecule has 0 aliphatic carbocycles. The maximum Gasteiger partial charge on any atom is 0.255 e. The van der Waals surface area contributed by atoms with Gasteiger partial charge in [-0.25, -0.2) is 0 Å². The standard InChI is InChI=1S/C11H15N3O3/c1-6-3-4-9(15)8(5-6)11(16)13-7(2)10(12)14-17/h3-5,7,15,17H,1-2H3,(H2,12,14)(H,13,16). The van der Waals surface area contributed by atoms with Crippen LogP contribution in [-0.4, -0.2) is 28.1 Å². The minimum atomic E-state index is -0.618. The normalized spacial score (nSPS) is 13.2. The number of oxime groups is 1. The lowest BCUT2D eigenvalue weighted by Gasteiger charge is -2.13. The van der Waals surface area contributed by atoms with E-state index in [-0.39, 0.29) is 17.1 Å². The summed E-state index contributed by atoms with van der Waals surface area (Å²) in [6.07, 6.45) is 0. The summed E-state index contributed by atoms with van der Waals surface area (Å²) in [5.74, 6) is -0.699. The molecule has 0 aliphatic heterocycles. The highest BCUT2D eigenvalue weighted by atomic mass is 16.4. The van der Waals surface area contributed by atoms with Crippen molar-refractivity contribution in [3.05, 3.63) is 29.3 Å². The fourth-order valence-corrected chi connectivity index (χ4v) is 1.27. The minimum Gasteiger partial charge on any atom is -0.507 e. The van der Waals surface area contributed by atoms with E-state index >= 15 is 0 Å². The van der Waals surface area contributed by atoms with Gasteiger partial charge in [0.25, 0.3) is 5.91 Å². The zero-order chi connectivity index (χ0) is 13.0. The zero-order valence-electron chi connectivity index (χ0n) is 9.64. The van der Waals surface area contributed by atoms with Crippen molar-refractivity contribution in [1.29, 1.82) is 0 Å². The Morgan fingerprint density at radius 2 is 2.18 bits per heavy atom. The predicted molar refractivity (Wildman–Crippen MR) is 63.2 cm³/mol. The molecule has 5 N–H and O–H groups in total. The van der Waals surface area contributed by atoms with Crippen LogP contribution in [0.3, 0.4) is 0 Å². The van der Waals surface area contributed by atoms with Crippen LogP contribution in [0.5, 0.6) is 5.75 Å². The molecule has 0 spiro atoms. The molecule has 1 aromatic carbocycles. The third-order valence-corrected chi connectivity index (χ3v) is 2.30. The molecule has 0 heterocycles. The third-order valence-electron chi connectivity index (χ3n) is 2.30. The zero-order valence-corrected chi connectivity index (χ0v) is 9.64. The van der Waals surface area contributed by atoms with Gasteiger partial charge in [-0.1, -0.05) is 16.8 Å². The van der Waals surface area contributed by atoms with Crippen molar-refractivity contribution >= 4 is 11.7 Å². The van der Waals surface area contributed by atoms with Crippen LogP contribution in [0.2, 0.25) is 0 Å². The Labute approximate surface area is 98.7 Å². The lowest BCUT2D eigenvalue weighted by molar-refractivity contribution is 0.0946. The molecule has 1 atom stereocenters. The van der Waals surface area contributed by atoms with Gasteiger partial charge in [-0.15, -0.1) is 0 Å². The second-order valence-corrected chi connectivity index (χ2v) is 3.74. The van der Waals surface area contributed by atoms with E-state index in [1.165, 1.54) is 6.07 Å². The maximum atomic E-state index is 11.8. The fourth-order valence-electron chi connectivity index (χ4n) is 1.27. The van der Waals surface area contributed by atoms with Crippen molar-refractivity contribution < 1.29 is 15.1 Å². The Bertz CT molecular complexity index is 457. The molecule has 1 unspecified atom stereocenters. The van der Waals surface area contributed by atoms with E-state index in [1.54, 1.807) is 19.1 Å². The number of hydrogen-bond acceptors (Lipinski definition) is 4. The van der Waals surface area contributed by atoms with Gasteiger partial charge in [0, 0.05) is 0 Å². The van der Waals surface area contributed by atoms with Crippen molar-refractivity contribution in [3.63, 3.8) is 0 Å². The smallest absolute Gasteiger partial charge is 0.255 e. The fraction of sp³-hybridized carbons (Fsp3) is 0.273. The van der Waals surface area contributed by atoms with E-state index in [9.17, 15) is 9.90 Å². The van der Waals surface area contributed by atoms with Crippen LogP contribution < -0.4 is 11.1 Å². The number of hydrogen-bond donors (Lipinski definition) is 4. The molecule has 0 saturated heterocycles. The molecule has 17 heavy (non-hydrogen) atoms. The molecular formula is C11H15N3O3. The summed E-state index contributed by atoms with van der Waals surface area (Å²) >= 11 is 0. The molecule has 0 bridgehead atoms. The van der Waals surface area contributed by atoms with E-state index in [0.29, 0.717) is 0 Å². The average Bonchev–Trinajstić information content (AvgIpc) is 2.30. The first-order valence-electron chi connectivity index (χ1n) is 5.03. The van der Waals surface area contributed by atoms with Gasteiger partial charge < -0.3 is 21.4 Å².